The lowest BCUT2D eigenvalue weighted by molar-refractivity contribution is 0.0992. The van der Waals surface area contributed by atoms with Gasteiger partial charge in [0.2, 0.25) is 0 Å². The number of carbonyl (C=O) groups excluding carboxylic acids is 1. The lowest BCUT2D eigenvalue weighted by atomic mass is 10.1. The van der Waals surface area contributed by atoms with Crippen LogP contribution in [0.5, 0.6) is 0 Å². The number of benzene rings is 1. The second kappa shape index (κ2) is 5.82. The molecule has 0 atom stereocenters. The molecule has 18 heavy (non-hydrogen) atoms. The first-order chi connectivity index (χ1) is 8.47. The van der Waals surface area contributed by atoms with Crippen molar-refractivity contribution < 1.29 is 9.18 Å². The summed E-state index contributed by atoms with van der Waals surface area (Å²) in [4.78, 5) is 12.1. The molecule has 0 unspecified atom stereocenters. The summed E-state index contributed by atoms with van der Waals surface area (Å²) in [5.74, 6) is -0.515. The second-order valence-electron chi connectivity index (χ2n) is 3.59. The summed E-state index contributed by atoms with van der Waals surface area (Å²) < 4.78 is 14.7. The molecule has 1 aromatic carbocycles. The Hall–Kier alpha value is -0.230. The van der Waals surface area contributed by atoms with Gasteiger partial charge in [-0.15, -0.1) is 11.3 Å². The van der Waals surface area contributed by atoms with Gasteiger partial charge in [-0.3, -0.25) is 4.79 Å². The Morgan fingerprint density at radius 1 is 1.33 bits per heavy atom. The van der Waals surface area contributed by atoms with Gasteiger partial charge in [0.05, 0.1) is 12.6 Å². The molecule has 0 aliphatic rings. The third-order valence-corrected chi connectivity index (χ3v) is 4.93. The van der Waals surface area contributed by atoms with Gasteiger partial charge in [0.1, 0.15) is 5.82 Å². The van der Waals surface area contributed by atoms with Crippen LogP contribution < -0.4 is 0 Å². The molecule has 2 aromatic rings. The maximum absolute atomic E-state index is 13.0. The Labute approximate surface area is 129 Å². The van der Waals surface area contributed by atoms with Gasteiger partial charge >= 0.3 is 0 Å². The van der Waals surface area contributed by atoms with E-state index < -0.39 is 5.82 Å². The normalized spacial score (nSPS) is 10.7. The summed E-state index contributed by atoms with van der Waals surface area (Å²) in [6, 6.07) is 6.07. The van der Waals surface area contributed by atoms with E-state index in [-0.39, 0.29) is 17.2 Å². The highest BCUT2D eigenvalue weighted by atomic mass is 79.9. The van der Waals surface area contributed by atoms with Crippen LogP contribution in [0.1, 0.15) is 15.9 Å². The topological polar surface area (TPSA) is 17.1 Å². The molecule has 0 aliphatic heterocycles. The Kier molecular flexibility index (Phi) is 4.59. The van der Waals surface area contributed by atoms with Gasteiger partial charge < -0.3 is 0 Å². The Morgan fingerprint density at radius 2 is 2.06 bits per heavy atom. The van der Waals surface area contributed by atoms with Crippen LogP contribution in [-0.4, -0.2) is 5.78 Å². The van der Waals surface area contributed by atoms with E-state index in [2.05, 4.69) is 31.9 Å². The lowest BCUT2D eigenvalue weighted by Gasteiger charge is -2.02. The average molecular weight is 413 g/mol. The summed E-state index contributed by atoms with van der Waals surface area (Å²) in [5, 5.41) is 0.0332. The smallest absolute Gasteiger partial charge is 0.169 e. The summed E-state index contributed by atoms with van der Waals surface area (Å²) in [5.41, 5.74) is 1.31. The molecule has 1 heterocycles. The molecule has 0 radical (unpaired) electrons. The maximum Gasteiger partial charge on any atom is 0.169 e. The van der Waals surface area contributed by atoms with Crippen molar-refractivity contribution in [2.75, 3.05) is 0 Å². The van der Waals surface area contributed by atoms with E-state index in [0.29, 0.717) is 11.1 Å². The monoisotopic (exact) mass is 410 g/mol. The van der Waals surface area contributed by atoms with Crippen LogP contribution in [0.15, 0.2) is 31.8 Å². The van der Waals surface area contributed by atoms with Crippen molar-refractivity contribution in [3.8, 4) is 0 Å². The SMILES string of the molecule is O=C(Cc1ccc(F)c(Cl)c1)c1cc(Br)sc1Br. The number of rotatable bonds is 3. The maximum atomic E-state index is 13.0. The molecular formula is C12H6Br2ClFOS. The first kappa shape index (κ1) is 14.2. The van der Waals surface area contributed by atoms with Crippen molar-refractivity contribution in [2.24, 2.45) is 0 Å². The minimum Gasteiger partial charge on any atom is -0.294 e. The molecule has 0 bridgehead atoms. The van der Waals surface area contributed by atoms with Crippen LogP contribution in [0.3, 0.4) is 0 Å². The predicted molar refractivity (Wildman–Crippen MR) is 79.2 cm³/mol. The van der Waals surface area contributed by atoms with Gasteiger partial charge in [-0.25, -0.2) is 4.39 Å². The molecule has 0 fully saturated rings. The molecule has 94 valence electrons. The van der Waals surface area contributed by atoms with Crippen LogP contribution in [0, 0.1) is 5.82 Å². The van der Waals surface area contributed by atoms with Gasteiger partial charge in [-0.1, -0.05) is 17.7 Å². The molecule has 0 aliphatic carbocycles. The summed E-state index contributed by atoms with van der Waals surface area (Å²) >= 11 is 13.8. The van der Waals surface area contributed by atoms with E-state index in [1.165, 1.54) is 23.5 Å². The van der Waals surface area contributed by atoms with E-state index in [4.69, 9.17) is 11.6 Å². The van der Waals surface area contributed by atoms with Crippen LogP contribution in [0.4, 0.5) is 4.39 Å². The predicted octanol–water partition coefficient (Wildman–Crippen LogP) is 5.49. The van der Waals surface area contributed by atoms with Crippen molar-refractivity contribution in [1.29, 1.82) is 0 Å². The molecule has 0 saturated carbocycles. The van der Waals surface area contributed by atoms with Crippen LogP contribution in [0.25, 0.3) is 0 Å². The minimum absolute atomic E-state index is 0.0332. The Morgan fingerprint density at radius 3 is 2.61 bits per heavy atom. The number of thiophene rings is 1. The molecule has 6 heteroatoms. The van der Waals surface area contributed by atoms with Gasteiger partial charge in [0.15, 0.2) is 5.78 Å². The molecule has 0 amide bonds. The van der Waals surface area contributed by atoms with Gasteiger partial charge in [0, 0.05) is 12.0 Å². The highest BCUT2D eigenvalue weighted by molar-refractivity contribution is 9.12. The van der Waals surface area contributed by atoms with E-state index >= 15 is 0 Å². The van der Waals surface area contributed by atoms with E-state index in [1.54, 1.807) is 12.1 Å². The van der Waals surface area contributed by atoms with Crippen LogP contribution in [-0.2, 0) is 6.42 Å². The molecule has 0 N–H and O–H groups in total. The highest BCUT2D eigenvalue weighted by Crippen LogP contribution is 2.32. The molecular weight excluding hydrogens is 406 g/mol. The number of carbonyl (C=O) groups is 1. The summed E-state index contributed by atoms with van der Waals surface area (Å²) in [6.07, 6.45) is 0.196. The van der Waals surface area contributed by atoms with Gasteiger partial charge in [-0.05, 0) is 55.6 Å². The van der Waals surface area contributed by atoms with E-state index in [9.17, 15) is 9.18 Å². The van der Waals surface area contributed by atoms with E-state index in [0.717, 1.165) is 7.57 Å². The molecule has 1 nitrogen and oxygen atoms in total. The minimum atomic E-state index is -0.479. The largest absolute Gasteiger partial charge is 0.294 e. The lowest BCUT2D eigenvalue weighted by Crippen LogP contribution is -2.03. The average Bonchev–Trinajstić information content (AvgIpc) is 2.63. The number of halogens is 4. The molecule has 1 aromatic heterocycles. The van der Waals surface area contributed by atoms with Crippen molar-refractivity contribution in [1.82, 2.24) is 0 Å². The van der Waals surface area contributed by atoms with Crippen molar-refractivity contribution in [3.63, 3.8) is 0 Å². The van der Waals surface area contributed by atoms with Gasteiger partial charge in [0.25, 0.3) is 0 Å². The Balaban J connectivity index is 2.21. The second-order valence-corrected chi connectivity index (χ2v) is 7.74. The van der Waals surface area contributed by atoms with E-state index in [1.807, 2.05) is 0 Å². The van der Waals surface area contributed by atoms with Crippen LogP contribution >= 0.6 is 54.8 Å². The fourth-order valence-corrected chi connectivity index (χ4v) is 4.52. The highest BCUT2D eigenvalue weighted by Gasteiger charge is 2.14. The van der Waals surface area contributed by atoms with Crippen molar-refractivity contribution >= 4 is 60.6 Å². The van der Waals surface area contributed by atoms with Crippen LogP contribution in [0.2, 0.25) is 5.02 Å². The first-order valence-electron chi connectivity index (χ1n) is 4.89. The summed E-state index contributed by atoms with van der Waals surface area (Å²) in [7, 11) is 0. The third-order valence-electron chi connectivity index (χ3n) is 2.31. The van der Waals surface area contributed by atoms with Crippen molar-refractivity contribution in [3.05, 3.63) is 53.8 Å². The Bertz CT molecular complexity index is 612. The fraction of sp³-hybridized carbons (Fsp3) is 0.0833. The molecule has 0 saturated heterocycles. The fourth-order valence-electron chi connectivity index (χ4n) is 1.46. The van der Waals surface area contributed by atoms with Crippen molar-refractivity contribution in [2.45, 2.75) is 6.42 Å². The molecule has 0 spiro atoms. The standard InChI is InChI=1S/C12H6Br2ClFOS/c13-11-5-7(12(14)18-11)10(17)4-6-1-2-9(16)8(15)3-6/h1-3,5H,4H2. The quantitative estimate of drug-likeness (QED) is 0.609. The zero-order valence-corrected chi connectivity index (χ0v) is 13.6. The van der Waals surface area contributed by atoms with Gasteiger partial charge in [-0.2, -0.15) is 0 Å². The zero-order chi connectivity index (χ0) is 13.3. The zero-order valence-electron chi connectivity index (χ0n) is 8.84. The number of ketones is 1. The molecule has 2 rings (SSSR count). The number of hydrogen-bond acceptors (Lipinski definition) is 2. The number of Topliss-reactive ketones (excluding diaryl/α,β-unsaturated/α-hetero) is 1. The summed E-state index contributed by atoms with van der Waals surface area (Å²) in [6.45, 7) is 0. The third kappa shape index (κ3) is 3.20. The first-order valence-corrected chi connectivity index (χ1v) is 7.67. The number of hydrogen-bond donors (Lipinski definition) is 0.